The van der Waals surface area contributed by atoms with Crippen molar-refractivity contribution >= 4 is 17.3 Å². The Labute approximate surface area is 159 Å². The molecule has 138 valence electrons. The molecule has 4 rings (SSSR count). The zero-order chi connectivity index (χ0) is 17.9. The number of hydrogen-bond acceptors (Lipinski definition) is 3. The van der Waals surface area contributed by atoms with Gasteiger partial charge in [-0.2, -0.15) is 0 Å². The monoisotopic (exact) mass is 371 g/mol. The molecule has 1 aromatic carbocycles. The highest BCUT2D eigenvalue weighted by Crippen LogP contribution is 2.26. The van der Waals surface area contributed by atoms with Crippen LogP contribution in [-0.2, 0) is 0 Å². The fraction of sp³-hybridized carbons (Fsp3) is 0.476. The third kappa shape index (κ3) is 3.81. The minimum atomic E-state index is -0.243. The Hall–Kier alpha value is -1.78. The predicted molar refractivity (Wildman–Crippen MR) is 108 cm³/mol. The van der Waals surface area contributed by atoms with Crippen LogP contribution in [0, 0.1) is 0 Å². The molecule has 1 N–H and O–H groups in total. The summed E-state index contributed by atoms with van der Waals surface area (Å²) in [6.07, 6.45) is 6.65. The van der Waals surface area contributed by atoms with Gasteiger partial charge < -0.3 is 14.8 Å². The smallest absolute Gasteiger partial charge is 0.267 e. The van der Waals surface area contributed by atoms with Crippen LogP contribution in [0.1, 0.15) is 32.1 Å². The van der Waals surface area contributed by atoms with Crippen LogP contribution in [0.15, 0.2) is 41.2 Å². The SMILES string of the molecule is O=c1[nH]c(-c2ccc(N3CCC(N4CCCCC4)CC3)cc2)ccc1Cl. The maximum absolute atomic E-state index is 11.7. The van der Waals surface area contributed by atoms with Crippen molar-refractivity contribution < 1.29 is 0 Å². The van der Waals surface area contributed by atoms with E-state index < -0.39 is 0 Å². The van der Waals surface area contributed by atoms with Crippen LogP contribution >= 0.6 is 11.6 Å². The number of H-pyrrole nitrogens is 1. The van der Waals surface area contributed by atoms with Gasteiger partial charge in [-0.15, -0.1) is 0 Å². The van der Waals surface area contributed by atoms with Crippen molar-refractivity contribution in [3.05, 3.63) is 51.8 Å². The van der Waals surface area contributed by atoms with Crippen molar-refractivity contribution in [3.8, 4) is 11.3 Å². The Morgan fingerprint density at radius 3 is 2.23 bits per heavy atom. The quantitative estimate of drug-likeness (QED) is 0.880. The Kier molecular flexibility index (Phi) is 5.32. The standard InChI is InChI=1S/C21H26ClN3O/c22-19-8-9-20(23-21(19)26)16-4-6-17(7-5-16)25-14-10-18(11-15-25)24-12-2-1-3-13-24/h4-9,18H,1-3,10-15H2,(H,23,26). The molecule has 0 aliphatic carbocycles. The number of aromatic amines is 1. The zero-order valence-electron chi connectivity index (χ0n) is 15.1. The van der Waals surface area contributed by atoms with E-state index in [9.17, 15) is 4.79 Å². The number of benzene rings is 1. The van der Waals surface area contributed by atoms with Gasteiger partial charge in [-0.05, 0) is 68.6 Å². The van der Waals surface area contributed by atoms with Crippen LogP contribution in [0.4, 0.5) is 5.69 Å². The molecule has 4 nitrogen and oxygen atoms in total. The van der Waals surface area contributed by atoms with Gasteiger partial charge in [0.2, 0.25) is 0 Å². The third-order valence-corrected chi connectivity index (χ3v) is 6.07. The highest BCUT2D eigenvalue weighted by atomic mass is 35.5. The Morgan fingerprint density at radius 1 is 0.885 bits per heavy atom. The summed E-state index contributed by atoms with van der Waals surface area (Å²) in [5.74, 6) is 0. The first kappa shape index (κ1) is 17.6. The predicted octanol–water partition coefficient (Wildman–Crippen LogP) is 4.15. The number of aromatic nitrogens is 1. The molecule has 3 heterocycles. The van der Waals surface area contributed by atoms with Gasteiger partial charge in [-0.25, -0.2) is 0 Å². The molecule has 1 aromatic heterocycles. The molecule has 0 bridgehead atoms. The summed E-state index contributed by atoms with van der Waals surface area (Å²) in [5, 5.41) is 0.224. The molecular formula is C21H26ClN3O. The van der Waals surface area contributed by atoms with Crippen molar-refractivity contribution in [2.24, 2.45) is 0 Å². The molecule has 2 aromatic rings. The lowest BCUT2D eigenvalue weighted by Crippen LogP contribution is -2.46. The summed E-state index contributed by atoms with van der Waals surface area (Å²) in [7, 11) is 0. The first-order valence-corrected chi connectivity index (χ1v) is 10.1. The van der Waals surface area contributed by atoms with Crippen LogP contribution < -0.4 is 10.5 Å². The van der Waals surface area contributed by atoms with Gasteiger partial charge in [-0.3, -0.25) is 4.79 Å². The normalized spacial score (nSPS) is 19.7. The van der Waals surface area contributed by atoms with E-state index in [0.29, 0.717) is 0 Å². The van der Waals surface area contributed by atoms with Crippen molar-refractivity contribution in [1.82, 2.24) is 9.88 Å². The van der Waals surface area contributed by atoms with E-state index >= 15 is 0 Å². The minimum Gasteiger partial charge on any atom is -0.371 e. The second kappa shape index (κ2) is 7.85. The Morgan fingerprint density at radius 2 is 1.58 bits per heavy atom. The first-order chi connectivity index (χ1) is 12.7. The van der Waals surface area contributed by atoms with Crippen molar-refractivity contribution in [2.45, 2.75) is 38.1 Å². The van der Waals surface area contributed by atoms with Crippen LogP contribution in [0.5, 0.6) is 0 Å². The van der Waals surface area contributed by atoms with Crippen LogP contribution in [0.2, 0.25) is 5.02 Å². The van der Waals surface area contributed by atoms with Gasteiger partial charge >= 0.3 is 0 Å². The largest absolute Gasteiger partial charge is 0.371 e. The summed E-state index contributed by atoms with van der Waals surface area (Å²) in [6, 6.07) is 12.7. The molecule has 0 atom stereocenters. The molecule has 0 radical (unpaired) electrons. The van der Waals surface area contributed by atoms with Crippen molar-refractivity contribution in [3.63, 3.8) is 0 Å². The summed E-state index contributed by atoms with van der Waals surface area (Å²) in [4.78, 5) is 19.7. The minimum absolute atomic E-state index is 0.224. The number of anilines is 1. The number of nitrogens with zero attached hydrogens (tertiary/aromatic N) is 2. The fourth-order valence-corrected chi connectivity index (χ4v) is 4.36. The number of pyridine rings is 1. The lowest BCUT2D eigenvalue weighted by atomic mass is 9.99. The van der Waals surface area contributed by atoms with Crippen LogP contribution in [0.3, 0.4) is 0 Å². The van der Waals surface area contributed by atoms with Crippen LogP contribution in [0.25, 0.3) is 11.3 Å². The Bertz CT molecular complexity index is 788. The summed E-state index contributed by atoms with van der Waals surface area (Å²) in [5.41, 5.74) is 2.83. The second-order valence-corrected chi connectivity index (χ2v) is 7.82. The number of rotatable bonds is 3. The van der Waals surface area contributed by atoms with Crippen molar-refractivity contribution in [1.29, 1.82) is 0 Å². The molecule has 2 aliphatic heterocycles. The lowest BCUT2D eigenvalue weighted by Gasteiger charge is -2.41. The summed E-state index contributed by atoms with van der Waals surface area (Å²) >= 11 is 5.81. The van der Waals surface area contributed by atoms with Gasteiger partial charge in [0, 0.05) is 30.5 Å². The van der Waals surface area contributed by atoms with E-state index in [4.69, 9.17) is 11.6 Å². The van der Waals surface area contributed by atoms with Crippen LogP contribution in [-0.4, -0.2) is 42.1 Å². The fourth-order valence-electron chi connectivity index (χ4n) is 4.25. The van der Waals surface area contributed by atoms with Gasteiger partial charge in [0.05, 0.1) is 0 Å². The van der Waals surface area contributed by atoms with E-state index in [1.165, 1.54) is 50.9 Å². The average Bonchev–Trinajstić information content (AvgIpc) is 2.71. The van der Waals surface area contributed by atoms with Gasteiger partial charge in [-0.1, -0.05) is 30.2 Å². The second-order valence-electron chi connectivity index (χ2n) is 7.41. The number of halogens is 1. The van der Waals surface area contributed by atoms with Gasteiger partial charge in [0.1, 0.15) is 5.02 Å². The summed E-state index contributed by atoms with van der Waals surface area (Å²) < 4.78 is 0. The highest BCUT2D eigenvalue weighted by Gasteiger charge is 2.25. The van der Waals surface area contributed by atoms with E-state index in [1.54, 1.807) is 6.07 Å². The molecule has 26 heavy (non-hydrogen) atoms. The molecule has 2 aliphatic rings. The van der Waals surface area contributed by atoms with Crippen molar-refractivity contribution in [2.75, 3.05) is 31.1 Å². The maximum atomic E-state index is 11.7. The molecule has 5 heteroatoms. The number of hydrogen-bond donors (Lipinski definition) is 1. The lowest BCUT2D eigenvalue weighted by molar-refractivity contribution is 0.141. The highest BCUT2D eigenvalue weighted by molar-refractivity contribution is 6.30. The van der Waals surface area contributed by atoms with E-state index in [0.717, 1.165) is 30.4 Å². The molecule has 0 spiro atoms. The van der Waals surface area contributed by atoms with Gasteiger partial charge in [0.25, 0.3) is 5.56 Å². The zero-order valence-corrected chi connectivity index (χ0v) is 15.8. The molecule has 0 saturated carbocycles. The van der Waals surface area contributed by atoms with E-state index in [-0.39, 0.29) is 10.6 Å². The molecule has 2 saturated heterocycles. The van der Waals surface area contributed by atoms with Gasteiger partial charge in [0.15, 0.2) is 0 Å². The number of likely N-dealkylation sites (tertiary alicyclic amines) is 1. The van der Waals surface area contributed by atoms with E-state index in [1.807, 2.05) is 6.07 Å². The average molecular weight is 372 g/mol. The number of piperidine rings is 2. The van der Waals surface area contributed by atoms with E-state index in [2.05, 4.69) is 39.0 Å². The molecular weight excluding hydrogens is 346 g/mol. The molecule has 0 unspecified atom stereocenters. The maximum Gasteiger partial charge on any atom is 0.267 e. The third-order valence-electron chi connectivity index (χ3n) is 5.78. The summed E-state index contributed by atoms with van der Waals surface area (Å²) in [6.45, 7) is 4.83. The number of nitrogens with one attached hydrogen (secondary N) is 1. The Balaban J connectivity index is 1.40. The first-order valence-electron chi connectivity index (χ1n) is 9.69. The molecule has 2 fully saturated rings. The topological polar surface area (TPSA) is 39.3 Å². The molecule has 0 amide bonds.